The normalized spacial score (nSPS) is 12.7. The SMILES string of the molecule is CNC(c1ccc(C)cc1Cl)c1cc(Br)sc1C. The molecule has 0 saturated heterocycles. The number of aryl methyl sites for hydroxylation is 2. The molecule has 2 rings (SSSR count). The van der Waals surface area contributed by atoms with Crippen molar-refractivity contribution in [2.45, 2.75) is 19.9 Å². The fourth-order valence-electron chi connectivity index (χ4n) is 2.09. The molecule has 0 aliphatic heterocycles. The van der Waals surface area contributed by atoms with Crippen LogP contribution in [0.2, 0.25) is 5.02 Å². The second-order valence-electron chi connectivity index (χ2n) is 4.31. The average Bonchev–Trinajstić information content (AvgIpc) is 2.62. The largest absolute Gasteiger partial charge is 0.309 e. The highest BCUT2D eigenvalue weighted by Gasteiger charge is 2.19. The lowest BCUT2D eigenvalue weighted by Crippen LogP contribution is -2.18. The van der Waals surface area contributed by atoms with E-state index in [4.69, 9.17) is 11.6 Å². The van der Waals surface area contributed by atoms with Gasteiger partial charge in [-0.25, -0.2) is 0 Å². The first-order chi connectivity index (χ1) is 8.52. The van der Waals surface area contributed by atoms with Crippen LogP contribution < -0.4 is 5.32 Å². The molecule has 1 unspecified atom stereocenters. The van der Waals surface area contributed by atoms with Gasteiger partial charge in [0.15, 0.2) is 0 Å². The van der Waals surface area contributed by atoms with Gasteiger partial charge in [0.1, 0.15) is 0 Å². The molecule has 0 aliphatic carbocycles. The zero-order valence-electron chi connectivity index (χ0n) is 10.6. The number of thiophene rings is 1. The van der Waals surface area contributed by atoms with Crippen molar-refractivity contribution in [1.29, 1.82) is 0 Å². The summed E-state index contributed by atoms with van der Waals surface area (Å²) in [6, 6.07) is 8.52. The molecule has 4 heteroatoms. The van der Waals surface area contributed by atoms with Crippen LogP contribution in [0.3, 0.4) is 0 Å². The van der Waals surface area contributed by atoms with Crippen molar-refractivity contribution in [3.8, 4) is 0 Å². The summed E-state index contributed by atoms with van der Waals surface area (Å²) in [4.78, 5) is 1.30. The van der Waals surface area contributed by atoms with Crippen LogP contribution in [-0.4, -0.2) is 7.05 Å². The van der Waals surface area contributed by atoms with E-state index in [0.29, 0.717) is 0 Å². The summed E-state index contributed by atoms with van der Waals surface area (Å²) in [7, 11) is 1.96. The molecule has 1 aromatic carbocycles. The maximum atomic E-state index is 6.36. The molecular formula is C14H15BrClNS. The number of rotatable bonds is 3. The Balaban J connectivity index is 2.48. The quantitative estimate of drug-likeness (QED) is 0.818. The van der Waals surface area contributed by atoms with E-state index in [1.807, 2.05) is 13.1 Å². The molecule has 0 aliphatic rings. The summed E-state index contributed by atoms with van der Waals surface area (Å²) in [5.74, 6) is 0. The van der Waals surface area contributed by atoms with E-state index in [-0.39, 0.29) is 6.04 Å². The third kappa shape index (κ3) is 2.80. The first-order valence-corrected chi connectivity index (χ1v) is 7.71. The minimum atomic E-state index is 0.139. The Bertz CT molecular complexity index is 565. The number of nitrogens with one attached hydrogen (secondary N) is 1. The lowest BCUT2D eigenvalue weighted by atomic mass is 9.98. The Hall–Kier alpha value is -0.350. The Morgan fingerprint density at radius 3 is 2.44 bits per heavy atom. The lowest BCUT2D eigenvalue weighted by molar-refractivity contribution is 0.691. The smallest absolute Gasteiger partial charge is 0.0704 e. The monoisotopic (exact) mass is 343 g/mol. The van der Waals surface area contributed by atoms with Crippen molar-refractivity contribution >= 4 is 38.9 Å². The molecule has 96 valence electrons. The summed E-state index contributed by atoms with van der Waals surface area (Å²) >= 11 is 11.7. The Morgan fingerprint density at radius 2 is 1.94 bits per heavy atom. The maximum Gasteiger partial charge on any atom is 0.0704 e. The van der Waals surface area contributed by atoms with Gasteiger partial charge in [0.25, 0.3) is 0 Å². The zero-order chi connectivity index (χ0) is 13.3. The molecule has 1 heterocycles. The summed E-state index contributed by atoms with van der Waals surface area (Å²) < 4.78 is 1.15. The Kier molecular flexibility index (Phi) is 4.49. The van der Waals surface area contributed by atoms with Crippen molar-refractivity contribution < 1.29 is 0 Å². The fraction of sp³-hybridized carbons (Fsp3) is 0.286. The number of halogens is 2. The van der Waals surface area contributed by atoms with Gasteiger partial charge in [-0.3, -0.25) is 0 Å². The molecule has 0 radical (unpaired) electrons. The van der Waals surface area contributed by atoms with Gasteiger partial charge in [0.05, 0.1) is 9.83 Å². The van der Waals surface area contributed by atoms with Gasteiger partial charge >= 0.3 is 0 Å². The van der Waals surface area contributed by atoms with Gasteiger partial charge in [0, 0.05) is 9.90 Å². The predicted molar refractivity (Wildman–Crippen MR) is 83.8 cm³/mol. The van der Waals surface area contributed by atoms with Gasteiger partial charge in [-0.2, -0.15) is 0 Å². The predicted octanol–water partition coefficient (Wildman–Crippen LogP) is 5.09. The van der Waals surface area contributed by atoms with Crippen LogP contribution >= 0.6 is 38.9 Å². The second-order valence-corrected chi connectivity index (χ2v) is 7.35. The molecule has 2 aromatic rings. The number of hydrogen-bond acceptors (Lipinski definition) is 2. The molecule has 0 bridgehead atoms. The van der Waals surface area contributed by atoms with E-state index < -0.39 is 0 Å². The lowest BCUT2D eigenvalue weighted by Gasteiger charge is -2.18. The van der Waals surface area contributed by atoms with Crippen LogP contribution in [0.1, 0.15) is 27.6 Å². The van der Waals surface area contributed by atoms with Gasteiger partial charge < -0.3 is 5.32 Å². The van der Waals surface area contributed by atoms with E-state index in [0.717, 1.165) is 14.4 Å². The van der Waals surface area contributed by atoms with Crippen molar-refractivity contribution in [3.05, 3.63) is 54.6 Å². The van der Waals surface area contributed by atoms with Gasteiger partial charge in [-0.1, -0.05) is 23.7 Å². The number of benzene rings is 1. The minimum absolute atomic E-state index is 0.139. The fourth-order valence-corrected chi connectivity index (χ4v) is 4.18. The zero-order valence-corrected chi connectivity index (χ0v) is 13.7. The van der Waals surface area contributed by atoms with Crippen molar-refractivity contribution in [1.82, 2.24) is 5.32 Å². The number of hydrogen-bond donors (Lipinski definition) is 1. The molecule has 18 heavy (non-hydrogen) atoms. The average molecular weight is 345 g/mol. The van der Waals surface area contributed by atoms with E-state index in [2.05, 4.69) is 53.3 Å². The van der Waals surface area contributed by atoms with Crippen LogP contribution in [0.4, 0.5) is 0 Å². The Labute approximate surface area is 125 Å². The van der Waals surface area contributed by atoms with E-state index in [1.165, 1.54) is 16.0 Å². The van der Waals surface area contributed by atoms with E-state index >= 15 is 0 Å². The Morgan fingerprint density at radius 1 is 1.22 bits per heavy atom. The van der Waals surface area contributed by atoms with Gasteiger partial charge in [0.2, 0.25) is 0 Å². The molecular weight excluding hydrogens is 330 g/mol. The topological polar surface area (TPSA) is 12.0 Å². The van der Waals surface area contributed by atoms with Crippen molar-refractivity contribution in [2.24, 2.45) is 0 Å². The second kappa shape index (κ2) is 5.74. The minimum Gasteiger partial charge on any atom is -0.309 e. The van der Waals surface area contributed by atoms with Gasteiger partial charge in [-0.05, 0) is 65.6 Å². The maximum absolute atomic E-state index is 6.36. The molecule has 0 saturated carbocycles. The first kappa shape index (κ1) is 14.1. The van der Waals surface area contributed by atoms with Crippen LogP contribution in [-0.2, 0) is 0 Å². The van der Waals surface area contributed by atoms with Crippen LogP contribution in [0.15, 0.2) is 28.1 Å². The van der Waals surface area contributed by atoms with Gasteiger partial charge in [-0.15, -0.1) is 11.3 Å². The highest BCUT2D eigenvalue weighted by Crippen LogP contribution is 2.36. The molecule has 1 nitrogen and oxygen atoms in total. The third-order valence-corrected chi connectivity index (χ3v) is 4.89. The summed E-state index contributed by atoms with van der Waals surface area (Å²) in [6.07, 6.45) is 0. The van der Waals surface area contributed by atoms with E-state index in [9.17, 15) is 0 Å². The van der Waals surface area contributed by atoms with Crippen LogP contribution in [0, 0.1) is 13.8 Å². The summed E-state index contributed by atoms with van der Waals surface area (Å²) in [5, 5.41) is 4.17. The van der Waals surface area contributed by atoms with Crippen LogP contribution in [0.5, 0.6) is 0 Å². The molecule has 1 N–H and O–H groups in total. The molecule has 0 spiro atoms. The first-order valence-electron chi connectivity index (χ1n) is 5.72. The van der Waals surface area contributed by atoms with E-state index in [1.54, 1.807) is 11.3 Å². The van der Waals surface area contributed by atoms with Crippen molar-refractivity contribution in [2.75, 3.05) is 7.05 Å². The standard InChI is InChI=1S/C14H15BrClNS/c1-8-4-5-10(12(16)6-8)14(17-3)11-7-13(15)18-9(11)2/h4-7,14,17H,1-3H3. The summed E-state index contributed by atoms with van der Waals surface area (Å²) in [5.41, 5.74) is 3.58. The molecule has 1 atom stereocenters. The highest BCUT2D eigenvalue weighted by atomic mass is 79.9. The van der Waals surface area contributed by atoms with Crippen molar-refractivity contribution in [3.63, 3.8) is 0 Å². The molecule has 0 amide bonds. The summed E-state index contributed by atoms with van der Waals surface area (Å²) in [6.45, 7) is 4.19. The molecule has 0 fully saturated rings. The third-order valence-electron chi connectivity index (χ3n) is 2.99. The van der Waals surface area contributed by atoms with Crippen LogP contribution in [0.25, 0.3) is 0 Å². The highest BCUT2D eigenvalue weighted by molar-refractivity contribution is 9.11. The molecule has 1 aromatic heterocycles.